The molecule has 1 heterocycles. The van der Waals surface area contributed by atoms with Gasteiger partial charge in [0, 0.05) is 19.1 Å². The van der Waals surface area contributed by atoms with Crippen LogP contribution in [0, 0.1) is 0 Å². The second kappa shape index (κ2) is 7.78. The first-order valence-corrected chi connectivity index (χ1v) is 6.80. The third-order valence-corrected chi connectivity index (χ3v) is 3.81. The van der Waals surface area contributed by atoms with Gasteiger partial charge in [0.05, 0.1) is 0 Å². The number of rotatable bonds is 5. The number of hydrogen-bond acceptors (Lipinski definition) is 2. The summed E-state index contributed by atoms with van der Waals surface area (Å²) in [4.78, 5) is 2.63. The van der Waals surface area contributed by atoms with E-state index in [-0.39, 0.29) is 12.4 Å². The number of likely N-dealkylation sites (tertiary alicyclic amines) is 1. The van der Waals surface area contributed by atoms with E-state index < -0.39 is 0 Å². The molecule has 1 saturated heterocycles. The summed E-state index contributed by atoms with van der Waals surface area (Å²) in [6.45, 7) is 5.74. The predicted octanol–water partition coefficient (Wildman–Crippen LogP) is 2.85. The van der Waals surface area contributed by atoms with Gasteiger partial charge in [0.15, 0.2) is 0 Å². The summed E-state index contributed by atoms with van der Waals surface area (Å²) in [5.74, 6) is 0. The molecule has 0 spiro atoms. The molecule has 102 valence electrons. The standard InChI is InChI=1S/C15H24N2.ClH/c1-3-13-7-4-5-8-14(13)12-17-10-6-9-15(17)11-16-2;/h4-5,7-8,15-16H,3,6,9-12H2,1-2H3;1H. The van der Waals surface area contributed by atoms with Crippen LogP contribution in [0.5, 0.6) is 0 Å². The van der Waals surface area contributed by atoms with Crippen LogP contribution in [0.15, 0.2) is 24.3 Å². The molecule has 0 radical (unpaired) electrons. The number of nitrogens with one attached hydrogen (secondary N) is 1. The maximum atomic E-state index is 3.31. The minimum absolute atomic E-state index is 0. The van der Waals surface area contributed by atoms with Gasteiger partial charge in [-0.3, -0.25) is 4.90 Å². The number of hydrogen-bond donors (Lipinski definition) is 1. The Hall–Kier alpha value is -0.570. The van der Waals surface area contributed by atoms with Crippen LogP contribution >= 0.6 is 12.4 Å². The van der Waals surface area contributed by atoms with Gasteiger partial charge in [-0.1, -0.05) is 31.2 Å². The monoisotopic (exact) mass is 268 g/mol. The summed E-state index contributed by atoms with van der Waals surface area (Å²) in [6.07, 6.45) is 3.83. The number of nitrogens with zero attached hydrogens (tertiary/aromatic N) is 1. The zero-order chi connectivity index (χ0) is 12.1. The van der Waals surface area contributed by atoms with Crippen molar-refractivity contribution in [2.45, 2.75) is 38.8 Å². The largest absolute Gasteiger partial charge is 0.318 e. The molecule has 2 nitrogen and oxygen atoms in total. The van der Waals surface area contributed by atoms with Crippen molar-refractivity contribution < 1.29 is 0 Å². The minimum atomic E-state index is 0. The molecule has 0 saturated carbocycles. The van der Waals surface area contributed by atoms with E-state index in [4.69, 9.17) is 0 Å². The third kappa shape index (κ3) is 3.71. The van der Waals surface area contributed by atoms with Crippen molar-refractivity contribution in [1.29, 1.82) is 0 Å². The van der Waals surface area contributed by atoms with Crippen LogP contribution in [0.4, 0.5) is 0 Å². The first-order valence-electron chi connectivity index (χ1n) is 6.80. The summed E-state index contributed by atoms with van der Waals surface area (Å²) in [6, 6.07) is 9.59. The SMILES string of the molecule is CCc1ccccc1CN1CCCC1CNC.Cl. The highest BCUT2D eigenvalue weighted by Crippen LogP contribution is 2.21. The third-order valence-electron chi connectivity index (χ3n) is 3.81. The predicted molar refractivity (Wildman–Crippen MR) is 80.4 cm³/mol. The van der Waals surface area contributed by atoms with Gasteiger partial charge in [0.2, 0.25) is 0 Å². The van der Waals surface area contributed by atoms with Crippen LogP contribution in [0.25, 0.3) is 0 Å². The fourth-order valence-electron chi connectivity index (χ4n) is 2.85. The molecule has 0 aliphatic carbocycles. The van der Waals surface area contributed by atoms with E-state index in [1.807, 2.05) is 0 Å². The van der Waals surface area contributed by atoms with Crippen molar-refractivity contribution in [1.82, 2.24) is 10.2 Å². The first kappa shape index (κ1) is 15.5. The van der Waals surface area contributed by atoms with Crippen molar-refractivity contribution in [3.63, 3.8) is 0 Å². The Labute approximate surface area is 117 Å². The van der Waals surface area contributed by atoms with Crippen LogP contribution in [-0.4, -0.2) is 31.1 Å². The Balaban J connectivity index is 0.00000162. The molecule has 1 aromatic carbocycles. The minimum Gasteiger partial charge on any atom is -0.318 e. The first-order chi connectivity index (χ1) is 8.35. The van der Waals surface area contributed by atoms with Crippen molar-refractivity contribution in [3.8, 4) is 0 Å². The van der Waals surface area contributed by atoms with Gasteiger partial charge in [-0.15, -0.1) is 12.4 Å². The lowest BCUT2D eigenvalue weighted by Gasteiger charge is -2.25. The Morgan fingerprint density at radius 2 is 2.00 bits per heavy atom. The molecule has 18 heavy (non-hydrogen) atoms. The van der Waals surface area contributed by atoms with Crippen molar-refractivity contribution in [2.75, 3.05) is 20.1 Å². The smallest absolute Gasteiger partial charge is 0.0239 e. The highest BCUT2D eigenvalue weighted by Gasteiger charge is 2.23. The summed E-state index contributed by atoms with van der Waals surface area (Å²) in [5.41, 5.74) is 3.01. The zero-order valence-electron chi connectivity index (χ0n) is 11.5. The second-order valence-electron chi connectivity index (χ2n) is 4.95. The number of aryl methyl sites for hydroxylation is 1. The Bertz CT molecular complexity index is 354. The van der Waals surface area contributed by atoms with Crippen LogP contribution in [0.2, 0.25) is 0 Å². The lowest BCUT2D eigenvalue weighted by molar-refractivity contribution is 0.241. The fourth-order valence-corrected chi connectivity index (χ4v) is 2.85. The lowest BCUT2D eigenvalue weighted by atomic mass is 10.0. The van der Waals surface area contributed by atoms with E-state index in [1.165, 1.54) is 30.5 Å². The molecule has 0 bridgehead atoms. The van der Waals surface area contributed by atoms with E-state index in [2.05, 4.69) is 48.5 Å². The highest BCUT2D eigenvalue weighted by atomic mass is 35.5. The molecular formula is C15H25ClN2. The number of benzene rings is 1. The van der Waals surface area contributed by atoms with E-state index in [1.54, 1.807) is 0 Å². The van der Waals surface area contributed by atoms with E-state index in [0.717, 1.165) is 25.6 Å². The molecule has 0 amide bonds. The normalized spacial score (nSPS) is 19.8. The van der Waals surface area contributed by atoms with Gasteiger partial charge in [-0.05, 0) is 44.0 Å². The summed E-state index contributed by atoms with van der Waals surface area (Å²) < 4.78 is 0. The molecule has 1 aliphatic heterocycles. The zero-order valence-corrected chi connectivity index (χ0v) is 12.3. The van der Waals surface area contributed by atoms with Gasteiger partial charge < -0.3 is 5.32 Å². The molecule has 1 N–H and O–H groups in total. The molecule has 0 aromatic heterocycles. The van der Waals surface area contributed by atoms with Gasteiger partial charge >= 0.3 is 0 Å². The van der Waals surface area contributed by atoms with Crippen LogP contribution in [0.1, 0.15) is 30.9 Å². The number of likely N-dealkylation sites (N-methyl/N-ethyl adjacent to an activating group) is 1. The maximum absolute atomic E-state index is 3.31. The highest BCUT2D eigenvalue weighted by molar-refractivity contribution is 5.85. The molecule has 1 aromatic rings. The molecule has 3 heteroatoms. The second-order valence-corrected chi connectivity index (χ2v) is 4.95. The Morgan fingerprint density at radius 1 is 1.28 bits per heavy atom. The fraction of sp³-hybridized carbons (Fsp3) is 0.600. The Morgan fingerprint density at radius 3 is 2.67 bits per heavy atom. The van der Waals surface area contributed by atoms with E-state index >= 15 is 0 Å². The van der Waals surface area contributed by atoms with E-state index in [9.17, 15) is 0 Å². The van der Waals surface area contributed by atoms with Crippen LogP contribution in [0.3, 0.4) is 0 Å². The van der Waals surface area contributed by atoms with Crippen molar-refractivity contribution >= 4 is 12.4 Å². The van der Waals surface area contributed by atoms with E-state index in [0.29, 0.717) is 0 Å². The van der Waals surface area contributed by atoms with Crippen molar-refractivity contribution in [2.24, 2.45) is 0 Å². The Kier molecular flexibility index (Phi) is 6.69. The molecular weight excluding hydrogens is 244 g/mol. The summed E-state index contributed by atoms with van der Waals surface area (Å²) in [7, 11) is 2.05. The van der Waals surface area contributed by atoms with Crippen LogP contribution < -0.4 is 5.32 Å². The quantitative estimate of drug-likeness (QED) is 0.884. The van der Waals surface area contributed by atoms with Gasteiger partial charge in [-0.25, -0.2) is 0 Å². The molecule has 1 fully saturated rings. The molecule has 1 atom stereocenters. The van der Waals surface area contributed by atoms with Gasteiger partial charge in [-0.2, -0.15) is 0 Å². The number of halogens is 1. The summed E-state index contributed by atoms with van der Waals surface area (Å²) in [5, 5.41) is 3.31. The maximum Gasteiger partial charge on any atom is 0.0239 e. The molecule has 1 aliphatic rings. The van der Waals surface area contributed by atoms with Gasteiger partial charge in [0.25, 0.3) is 0 Å². The topological polar surface area (TPSA) is 15.3 Å². The van der Waals surface area contributed by atoms with Crippen LogP contribution in [-0.2, 0) is 13.0 Å². The molecule has 1 unspecified atom stereocenters. The lowest BCUT2D eigenvalue weighted by Crippen LogP contribution is -2.36. The molecule has 2 rings (SSSR count). The average Bonchev–Trinajstić information content (AvgIpc) is 2.78. The van der Waals surface area contributed by atoms with Crippen molar-refractivity contribution in [3.05, 3.63) is 35.4 Å². The van der Waals surface area contributed by atoms with Gasteiger partial charge in [0.1, 0.15) is 0 Å². The average molecular weight is 269 g/mol. The summed E-state index contributed by atoms with van der Waals surface area (Å²) >= 11 is 0.